The molecule has 0 atom stereocenters. The number of amides is 2. The minimum atomic E-state index is -0.513. The monoisotopic (exact) mass is 414 g/mol. The van der Waals surface area contributed by atoms with E-state index in [1.807, 2.05) is 38.1 Å². The van der Waals surface area contributed by atoms with E-state index < -0.39 is 11.8 Å². The molecule has 9 heteroatoms. The zero-order valence-corrected chi connectivity index (χ0v) is 17.5. The molecule has 0 spiro atoms. The van der Waals surface area contributed by atoms with E-state index in [9.17, 15) is 14.4 Å². The van der Waals surface area contributed by atoms with Crippen LogP contribution in [0, 0.1) is 13.8 Å². The summed E-state index contributed by atoms with van der Waals surface area (Å²) in [6.45, 7) is 7.16. The molecule has 152 valence electrons. The van der Waals surface area contributed by atoms with Crippen molar-refractivity contribution in [3.05, 3.63) is 45.3 Å². The van der Waals surface area contributed by atoms with Crippen LogP contribution in [0.5, 0.6) is 5.75 Å². The number of nitrogens with one attached hydrogen (secondary N) is 2. The zero-order valence-electron chi connectivity index (χ0n) is 16.7. The number of fused-ring (bicyclic) bond motifs is 1. The Balaban J connectivity index is 2.06. The molecule has 0 fully saturated rings. The molecule has 2 aromatic heterocycles. The smallest absolute Gasteiger partial charge is 0.263 e. The van der Waals surface area contributed by atoms with Crippen molar-refractivity contribution >= 4 is 33.4 Å². The van der Waals surface area contributed by atoms with E-state index in [1.165, 1.54) is 22.8 Å². The first-order chi connectivity index (χ1) is 13.8. The summed E-state index contributed by atoms with van der Waals surface area (Å²) in [6, 6.07) is 7.55. The molecule has 0 radical (unpaired) electrons. The van der Waals surface area contributed by atoms with Crippen molar-refractivity contribution in [3.8, 4) is 16.9 Å². The highest BCUT2D eigenvalue weighted by Crippen LogP contribution is 2.36. The highest BCUT2D eigenvalue weighted by Gasteiger charge is 2.19. The lowest BCUT2D eigenvalue weighted by Gasteiger charge is -2.11. The van der Waals surface area contributed by atoms with Gasteiger partial charge in [-0.15, -0.1) is 11.3 Å². The number of thiophene rings is 1. The van der Waals surface area contributed by atoms with Crippen LogP contribution in [-0.4, -0.2) is 28.0 Å². The van der Waals surface area contributed by atoms with Gasteiger partial charge in [0, 0.05) is 17.4 Å². The molecule has 2 heterocycles. The van der Waals surface area contributed by atoms with Gasteiger partial charge in [0.15, 0.2) is 0 Å². The van der Waals surface area contributed by atoms with Crippen LogP contribution in [0.1, 0.15) is 24.5 Å². The van der Waals surface area contributed by atoms with Gasteiger partial charge in [-0.25, -0.2) is 4.98 Å². The molecule has 0 saturated heterocycles. The molecule has 0 unspecified atom stereocenters. The molecule has 0 bridgehead atoms. The number of rotatable bonds is 5. The first-order valence-corrected chi connectivity index (χ1v) is 9.92. The third-order valence-corrected chi connectivity index (χ3v) is 5.31. The summed E-state index contributed by atoms with van der Waals surface area (Å²) < 4.78 is 6.80. The molecule has 0 aliphatic rings. The molecule has 0 aliphatic carbocycles. The number of hydrogen-bond acceptors (Lipinski definition) is 6. The Morgan fingerprint density at radius 1 is 1.17 bits per heavy atom. The van der Waals surface area contributed by atoms with Gasteiger partial charge in [-0.3, -0.25) is 29.8 Å². The number of nitrogens with zero attached hydrogens (tertiary/aromatic N) is 2. The summed E-state index contributed by atoms with van der Waals surface area (Å²) in [4.78, 5) is 42.4. The standard InChI is InChI=1S/C20H22N4O4S/c1-5-28-15-8-6-14(7-9-15)17-11(2)29-19-18(17)20(27)24(12(3)21-19)10-16(26)23-22-13(4)25/h6-9H,5,10H2,1-4H3,(H,22,25)(H,23,26). The van der Waals surface area contributed by atoms with Crippen molar-refractivity contribution in [3.63, 3.8) is 0 Å². The third-order valence-electron chi connectivity index (χ3n) is 4.31. The normalized spacial score (nSPS) is 10.8. The van der Waals surface area contributed by atoms with Gasteiger partial charge >= 0.3 is 0 Å². The maximum atomic E-state index is 13.2. The first-order valence-electron chi connectivity index (χ1n) is 9.11. The highest BCUT2D eigenvalue weighted by atomic mass is 32.1. The SMILES string of the molecule is CCOc1ccc(-c2c(C)sc3nc(C)n(CC(=O)NNC(C)=O)c(=O)c23)cc1. The van der Waals surface area contributed by atoms with Crippen molar-refractivity contribution in [1.29, 1.82) is 0 Å². The van der Waals surface area contributed by atoms with Gasteiger partial charge in [-0.2, -0.15) is 0 Å². The van der Waals surface area contributed by atoms with E-state index >= 15 is 0 Å². The first kappa shape index (κ1) is 20.5. The molecule has 1 aromatic carbocycles. The number of aromatic nitrogens is 2. The van der Waals surface area contributed by atoms with Gasteiger partial charge in [0.25, 0.3) is 11.5 Å². The van der Waals surface area contributed by atoms with Crippen LogP contribution in [0.2, 0.25) is 0 Å². The topological polar surface area (TPSA) is 102 Å². The number of carbonyl (C=O) groups excluding carboxylic acids is 2. The average Bonchev–Trinajstić information content (AvgIpc) is 3.00. The van der Waals surface area contributed by atoms with Gasteiger partial charge in [-0.1, -0.05) is 12.1 Å². The van der Waals surface area contributed by atoms with E-state index in [4.69, 9.17) is 4.74 Å². The van der Waals surface area contributed by atoms with Crippen molar-refractivity contribution in [1.82, 2.24) is 20.4 Å². The molecule has 8 nitrogen and oxygen atoms in total. The molecule has 0 saturated carbocycles. The van der Waals surface area contributed by atoms with Crippen LogP contribution in [0.4, 0.5) is 0 Å². The summed E-state index contributed by atoms with van der Waals surface area (Å²) in [5, 5.41) is 0.481. The Labute approximate surface area is 171 Å². The van der Waals surface area contributed by atoms with Gasteiger partial charge in [0.1, 0.15) is 22.9 Å². The van der Waals surface area contributed by atoms with Crippen molar-refractivity contribution in [2.75, 3.05) is 6.61 Å². The highest BCUT2D eigenvalue weighted by molar-refractivity contribution is 7.19. The number of benzene rings is 1. The third kappa shape index (κ3) is 4.29. The Morgan fingerprint density at radius 2 is 1.86 bits per heavy atom. The maximum Gasteiger partial charge on any atom is 0.263 e. The average molecular weight is 414 g/mol. The number of hydrazine groups is 1. The van der Waals surface area contributed by atoms with Crippen LogP contribution >= 0.6 is 11.3 Å². The van der Waals surface area contributed by atoms with Crippen LogP contribution in [-0.2, 0) is 16.1 Å². The van der Waals surface area contributed by atoms with E-state index in [0.717, 1.165) is 21.8 Å². The number of ether oxygens (including phenoxy) is 1. The fourth-order valence-electron chi connectivity index (χ4n) is 3.06. The quantitative estimate of drug-likeness (QED) is 0.624. The molecule has 2 N–H and O–H groups in total. The van der Waals surface area contributed by atoms with E-state index in [1.54, 1.807) is 6.92 Å². The fraction of sp³-hybridized carbons (Fsp3) is 0.300. The van der Waals surface area contributed by atoms with Gasteiger partial charge in [-0.05, 0) is 38.5 Å². The lowest BCUT2D eigenvalue weighted by atomic mass is 10.0. The molecular weight excluding hydrogens is 392 g/mol. The van der Waals surface area contributed by atoms with Gasteiger partial charge in [0.2, 0.25) is 5.91 Å². The molecule has 0 aliphatic heterocycles. The lowest BCUT2D eigenvalue weighted by molar-refractivity contribution is -0.128. The fourth-order valence-corrected chi connectivity index (χ4v) is 4.14. The lowest BCUT2D eigenvalue weighted by Crippen LogP contribution is -2.43. The second-order valence-corrected chi connectivity index (χ2v) is 7.65. The molecular formula is C20H22N4O4S. The Bertz CT molecular complexity index is 1130. The summed E-state index contributed by atoms with van der Waals surface area (Å²) in [5.41, 5.74) is 5.88. The predicted octanol–water partition coefficient (Wildman–Crippen LogP) is 2.31. The Hall–Kier alpha value is -3.20. The molecule has 2 amide bonds. The van der Waals surface area contributed by atoms with E-state index in [-0.39, 0.29) is 12.1 Å². The van der Waals surface area contributed by atoms with Crippen LogP contribution < -0.4 is 21.1 Å². The summed E-state index contributed by atoms with van der Waals surface area (Å²) in [6.07, 6.45) is 0. The minimum absolute atomic E-state index is 0.245. The molecule has 3 rings (SSSR count). The van der Waals surface area contributed by atoms with Crippen molar-refractivity contribution in [2.45, 2.75) is 34.2 Å². The van der Waals surface area contributed by atoms with Crippen molar-refractivity contribution in [2.24, 2.45) is 0 Å². The molecule has 29 heavy (non-hydrogen) atoms. The van der Waals surface area contributed by atoms with Crippen LogP contribution in [0.3, 0.4) is 0 Å². The largest absolute Gasteiger partial charge is 0.494 e. The summed E-state index contributed by atoms with van der Waals surface area (Å²) in [7, 11) is 0. The van der Waals surface area contributed by atoms with Gasteiger partial charge < -0.3 is 4.74 Å². The molecule has 3 aromatic rings. The second kappa shape index (κ2) is 8.44. The number of carbonyl (C=O) groups is 2. The predicted molar refractivity (Wildman–Crippen MR) is 112 cm³/mol. The zero-order chi connectivity index (χ0) is 21.1. The van der Waals surface area contributed by atoms with E-state index in [2.05, 4.69) is 15.8 Å². The maximum absolute atomic E-state index is 13.2. The van der Waals surface area contributed by atoms with Crippen molar-refractivity contribution < 1.29 is 14.3 Å². The van der Waals surface area contributed by atoms with E-state index in [0.29, 0.717) is 22.6 Å². The summed E-state index contributed by atoms with van der Waals surface area (Å²) in [5.74, 6) is 0.276. The summed E-state index contributed by atoms with van der Waals surface area (Å²) >= 11 is 1.44. The second-order valence-electron chi connectivity index (χ2n) is 6.45. The number of hydrogen-bond donors (Lipinski definition) is 2. The minimum Gasteiger partial charge on any atom is -0.494 e. The Morgan fingerprint density at radius 3 is 2.48 bits per heavy atom. The van der Waals surface area contributed by atoms with Crippen LogP contribution in [0.15, 0.2) is 29.1 Å². The Kier molecular flexibility index (Phi) is 5.97. The number of aryl methyl sites for hydroxylation is 2. The van der Waals surface area contributed by atoms with Gasteiger partial charge in [0.05, 0.1) is 12.0 Å². The van der Waals surface area contributed by atoms with Crippen LogP contribution in [0.25, 0.3) is 21.3 Å².